The van der Waals surface area contributed by atoms with Gasteiger partial charge in [-0.3, -0.25) is 0 Å². The molecular weight excluding hydrogens is 186 g/mol. The molecule has 84 valence electrons. The summed E-state index contributed by atoms with van der Waals surface area (Å²) >= 11 is 0. The molecule has 1 rings (SSSR count). The SMILES string of the molecule is CC(C)(C)Cc1cnnc(C(C)(C)C)n1. The third-order valence-electron chi connectivity index (χ3n) is 1.99. The van der Waals surface area contributed by atoms with Gasteiger partial charge in [0.1, 0.15) is 0 Å². The van der Waals surface area contributed by atoms with Crippen molar-refractivity contribution in [2.75, 3.05) is 0 Å². The summed E-state index contributed by atoms with van der Waals surface area (Å²) in [6.07, 6.45) is 2.70. The minimum absolute atomic E-state index is 0.0269. The van der Waals surface area contributed by atoms with E-state index in [4.69, 9.17) is 0 Å². The Labute approximate surface area is 92.3 Å². The third kappa shape index (κ3) is 3.94. The maximum Gasteiger partial charge on any atom is 0.156 e. The van der Waals surface area contributed by atoms with Gasteiger partial charge in [-0.05, 0) is 11.8 Å². The van der Waals surface area contributed by atoms with Gasteiger partial charge in [0.25, 0.3) is 0 Å². The summed E-state index contributed by atoms with van der Waals surface area (Å²) in [5, 5.41) is 8.10. The normalized spacial score (nSPS) is 12.9. The Bertz CT molecular complexity index is 331. The molecule has 15 heavy (non-hydrogen) atoms. The van der Waals surface area contributed by atoms with Gasteiger partial charge < -0.3 is 0 Å². The molecule has 0 radical (unpaired) electrons. The summed E-state index contributed by atoms with van der Waals surface area (Å²) in [5.41, 5.74) is 1.24. The van der Waals surface area contributed by atoms with Gasteiger partial charge in [-0.1, -0.05) is 41.5 Å². The molecule has 0 aliphatic heterocycles. The van der Waals surface area contributed by atoms with Crippen molar-refractivity contribution in [1.29, 1.82) is 0 Å². The third-order valence-corrected chi connectivity index (χ3v) is 1.99. The van der Waals surface area contributed by atoms with Crippen LogP contribution in [0.5, 0.6) is 0 Å². The second kappa shape index (κ2) is 3.87. The van der Waals surface area contributed by atoms with E-state index in [0.29, 0.717) is 0 Å². The highest BCUT2D eigenvalue weighted by Crippen LogP contribution is 2.21. The van der Waals surface area contributed by atoms with E-state index in [1.165, 1.54) is 0 Å². The first-order valence-corrected chi connectivity index (χ1v) is 5.37. The van der Waals surface area contributed by atoms with Gasteiger partial charge in [-0.15, -0.1) is 5.10 Å². The van der Waals surface area contributed by atoms with Crippen LogP contribution >= 0.6 is 0 Å². The molecule has 0 amide bonds. The molecule has 1 aromatic rings. The predicted molar refractivity (Wildman–Crippen MR) is 61.7 cm³/mol. The number of hydrogen-bond donors (Lipinski definition) is 0. The highest BCUT2D eigenvalue weighted by atomic mass is 15.1. The van der Waals surface area contributed by atoms with E-state index < -0.39 is 0 Å². The van der Waals surface area contributed by atoms with Gasteiger partial charge in [-0.2, -0.15) is 5.10 Å². The fourth-order valence-electron chi connectivity index (χ4n) is 1.28. The van der Waals surface area contributed by atoms with Crippen molar-refractivity contribution in [2.45, 2.75) is 53.4 Å². The summed E-state index contributed by atoms with van der Waals surface area (Å²) in [6.45, 7) is 12.9. The molecule has 0 fully saturated rings. The zero-order valence-corrected chi connectivity index (χ0v) is 10.6. The van der Waals surface area contributed by atoms with Crippen LogP contribution in [0.2, 0.25) is 0 Å². The summed E-state index contributed by atoms with van der Waals surface area (Å²) in [6, 6.07) is 0. The van der Waals surface area contributed by atoms with Crippen LogP contribution in [-0.4, -0.2) is 15.2 Å². The summed E-state index contributed by atoms with van der Waals surface area (Å²) in [5.74, 6) is 0.823. The maximum atomic E-state index is 4.56. The van der Waals surface area contributed by atoms with Gasteiger partial charge in [0.15, 0.2) is 5.82 Å². The molecule has 0 atom stereocenters. The molecule has 0 aliphatic carbocycles. The zero-order valence-electron chi connectivity index (χ0n) is 10.6. The molecule has 0 spiro atoms. The minimum atomic E-state index is -0.0269. The maximum absolute atomic E-state index is 4.56. The van der Waals surface area contributed by atoms with Crippen LogP contribution in [-0.2, 0) is 11.8 Å². The highest BCUT2D eigenvalue weighted by molar-refractivity contribution is 5.05. The van der Waals surface area contributed by atoms with E-state index in [1.54, 1.807) is 6.20 Å². The van der Waals surface area contributed by atoms with Crippen LogP contribution in [0.4, 0.5) is 0 Å². The standard InChI is InChI=1S/C12H21N3/c1-11(2,3)7-9-8-13-15-10(14-9)12(4,5)6/h8H,7H2,1-6H3. The first-order chi connectivity index (χ1) is 6.68. The van der Waals surface area contributed by atoms with Gasteiger partial charge in [0.2, 0.25) is 0 Å². The van der Waals surface area contributed by atoms with E-state index in [2.05, 4.69) is 56.7 Å². The highest BCUT2D eigenvalue weighted by Gasteiger charge is 2.19. The Hall–Kier alpha value is -0.990. The Balaban J connectivity index is 2.94. The Morgan fingerprint density at radius 1 is 1.07 bits per heavy atom. The number of hydrogen-bond acceptors (Lipinski definition) is 3. The van der Waals surface area contributed by atoms with Crippen molar-refractivity contribution in [1.82, 2.24) is 15.2 Å². The van der Waals surface area contributed by atoms with Crippen molar-refractivity contribution in [3.63, 3.8) is 0 Å². The smallest absolute Gasteiger partial charge is 0.156 e. The van der Waals surface area contributed by atoms with Gasteiger partial charge in [0, 0.05) is 5.41 Å². The molecule has 1 heterocycles. The van der Waals surface area contributed by atoms with Crippen molar-refractivity contribution >= 4 is 0 Å². The number of aromatic nitrogens is 3. The lowest BCUT2D eigenvalue weighted by Crippen LogP contribution is -2.19. The lowest BCUT2D eigenvalue weighted by Gasteiger charge is -2.19. The number of rotatable bonds is 1. The second-order valence-electron chi connectivity index (χ2n) is 6.26. The summed E-state index contributed by atoms with van der Waals surface area (Å²) in [7, 11) is 0. The Morgan fingerprint density at radius 2 is 1.67 bits per heavy atom. The van der Waals surface area contributed by atoms with E-state index in [9.17, 15) is 0 Å². The largest absolute Gasteiger partial charge is 0.234 e. The first kappa shape index (κ1) is 12.1. The van der Waals surface area contributed by atoms with Crippen molar-refractivity contribution in [3.8, 4) is 0 Å². The zero-order chi connectivity index (χ0) is 11.7. The molecule has 0 unspecified atom stereocenters. The molecule has 0 N–H and O–H groups in total. The van der Waals surface area contributed by atoms with Crippen LogP contribution in [0.25, 0.3) is 0 Å². The van der Waals surface area contributed by atoms with Crippen LogP contribution in [0.3, 0.4) is 0 Å². The molecule has 0 aliphatic rings. The molecule has 3 heteroatoms. The fraction of sp³-hybridized carbons (Fsp3) is 0.750. The molecule has 1 aromatic heterocycles. The van der Waals surface area contributed by atoms with Crippen molar-refractivity contribution in [2.24, 2.45) is 5.41 Å². The van der Waals surface area contributed by atoms with Crippen molar-refractivity contribution < 1.29 is 0 Å². The van der Waals surface area contributed by atoms with E-state index >= 15 is 0 Å². The van der Waals surface area contributed by atoms with E-state index in [-0.39, 0.29) is 10.8 Å². The average molecular weight is 207 g/mol. The predicted octanol–water partition coefficient (Wildman–Crippen LogP) is 2.76. The minimum Gasteiger partial charge on any atom is -0.234 e. The Morgan fingerprint density at radius 3 is 2.13 bits per heavy atom. The van der Waals surface area contributed by atoms with Crippen molar-refractivity contribution in [3.05, 3.63) is 17.7 Å². The van der Waals surface area contributed by atoms with Crippen LogP contribution in [0.1, 0.15) is 53.1 Å². The van der Waals surface area contributed by atoms with E-state index in [1.807, 2.05) is 0 Å². The van der Waals surface area contributed by atoms with Crippen LogP contribution in [0.15, 0.2) is 6.20 Å². The lowest BCUT2D eigenvalue weighted by atomic mass is 9.90. The molecule has 0 saturated carbocycles. The molecule has 3 nitrogen and oxygen atoms in total. The number of nitrogens with zero attached hydrogens (tertiary/aromatic N) is 3. The molecule has 0 aromatic carbocycles. The molecular formula is C12H21N3. The van der Waals surface area contributed by atoms with Gasteiger partial charge in [0.05, 0.1) is 11.9 Å². The van der Waals surface area contributed by atoms with Gasteiger partial charge in [-0.25, -0.2) is 4.98 Å². The van der Waals surface area contributed by atoms with Crippen LogP contribution in [0, 0.1) is 5.41 Å². The monoisotopic (exact) mass is 207 g/mol. The quantitative estimate of drug-likeness (QED) is 0.710. The van der Waals surface area contributed by atoms with E-state index in [0.717, 1.165) is 17.9 Å². The lowest BCUT2D eigenvalue weighted by molar-refractivity contribution is 0.401. The summed E-state index contributed by atoms with van der Waals surface area (Å²) in [4.78, 5) is 4.56. The van der Waals surface area contributed by atoms with Crippen LogP contribution < -0.4 is 0 Å². The fourth-order valence-corrected chi connectivity index (χ4v) is 1.28. The topological polar surface area (TPSA) is 38.7 Å². The average Bonchev–Trinajstić information content (AvgIpc) is 1.99. The molecule has 0 bridgehead atoms. The first-order valence-electron chi connectivity index (χ1n) is 5.37. The second-order valence-corrected chi connectivity index (χ2v) is 6.26. The molecule has 0 saturated heterocycles. The Kier molecular flexibility index (Phi) is 3.12. The van der Waals surface area contributed by atoms with Gasteiger partial charge >= 0.3 is 0 Å². The summed E-state index contributed by atoms with van der Waals surface area (Å²) < 4.78 is 0.